The molecular weight excluding hydrogens is 310 g/mol. The van der Waals surface area contributed by atoms with Crippen molar-refractivity contribution in [3.8, 4) is 11.5 Å². The number of nitrogens with zero attached hydrogens (tertiary/aromatic N) is 1. The molecule has 1 amide bonds. The maximum absolute atomic E-state index is 12.7. The van der Waals surface area contributed by atoms with Crippen LogP contribution in [0.1, 0.15) is 30.7 Å². The normalized spacial score (nSPS) is 25.9. The first-order valence-corrected chi connectivity index (χ1v) is 8.28. The van der Waals surface area contributed by atoms with Crippen molar-refractivity contribution >= 4 is 11.9 Å². The van der Waals surface area contributed by atoms with Crippen LogP contribution in [0.5, 0.6) is 11.5 Å². The van der Waals surface area contributed by atoms with Crippen molar-refractivity contribution in [2.24, 2.45) is 11.8 Å². The van der Waals surface area contributed by atoms with Gasteiger partial charge in [-0.15, -0.1) is 0 Å². The molecule has 1 aliphatic heterocycles. The molecule has 2 aliphatic rings. The molecule has 1 saturated carbocycles. The van der Waals surface area contributed by atoms with Gasteiger partial charge in [0.25, 0.3) is 0 Å². The maximum Gasteiger partial charge on any atom is 0.308 e. The Morgan fingerprint density at radius 2 is 2.04 bits per heavy atom. The van der Waals surface area contributed by atoms with E-state index in [-0.39, 0.29) is 17.7 Å². The summed E-state index contributed by atoms with van der Waals surface area (Å²) in [5, 5.41) is 9.18. The van der Waals surface area contributed by atoms with E-state index in [1.165, 1.54) is 0 Å². The summed E-state index contributed by atoms with van der Waals surface area (Å²) in [4.78, 5) is 25.6. The predicted octanol–water partition coefficient (Wildman–Crippen LogP) is 2.13. The molecule has 3 rings (SSSR count). The van der Waals surface area contributed by atoms with E-state index in [9.17, 15) is 14.7 Å². The minimum atomic E-state index is -0.811. The number of amides is 1. The Morgan fingerprint density at radius 3 is 2.71 bits per heavy atom. The quantitative estimate of drug-likeness (QED) is 0.893. The predicted molar refractivity (Wildman–Crippen MR) is 87.3 cm³/mol. The number of rotatable bonds is 5. The largest absolute Gasteiger partial charge is 0.497 e. The molecule has 130 valence electrons. The molecule has 0 radical (unpaired) electrons. The molecule has 1 saturated heterocycles. The number of carboxylic acid groups (broad SMARTS) is 1. The van der Waals surface area contributed by atoms with Crippen molar-refractivity contribution < 1.29 is 24.2 Å². The number of carboxylic acids is 1. The molecule has 6 nitrogen and oxygen atoms in total. The Balaban J connectivity index is 1.70. The lowest BCUT2D eigenvalue weighted by atomic mass is 9.97. The lowest BCUT2D eigenvalue weighted by Gasteiger charge is -2.31. The summed E-state index contributed by atoms with van der Waals surface area (Å²) < 4.78 is 10.7. The van der Waals surface area contributed by atoms with Crippen LogP contribution in [0.15, 0.2) is 18.2 Å². The lowest BCUT2D eigenvalue weighted by molar-refractivity contribution is -0.146. The van der Waals surface area contributed by atoms with Gasteiger partial charge in [0.1, 0.15) is 11.5 Å². The van der Waals surface area contributed by atoms with Crippen LogP contribution in [-0.4, -0.2) is 49.2 Å². The van der Waals surface area contributed by atoms with Gasteiger partial charge >= 0.3 is 5.97 Å². The van der Waals surface area contributed by atoms with Gasteiger partial charge in [0.05, 0.1) is 20.1 Å². The zero-order valence-corrected chi connectivity index (χ0v) is 14.0. The summed E-state index contributed by atoms with van der Waals surface area (Å²) in [6.07, 6.45) is 2.18. The van der Waals surface area contributed by atoms with Gasteiger partial charge in [-0.2, -0.15) is 0 Å². The molecule has 1 aromatic carbocycles. The first-order chi connectivity index (χ1) is 11.5. The molecular formula is C18H23NO5. The third-order valence-corrected chi connectivity index (χ3v) is 5.03. The molecule has 1 aliphatic carbocycles. The third kappa shape index (κ3) is 3.18. The van der Waals surface area contributed by atoms with Gasteiger partial charge in [-0.25, -0.2) is 0 Å². The van der Waals surface area contributed by atoms with Gasteiger partial charge in [0.2, 0.25) is 5.91 Å². The van der Waals surface area contributed by atoms with Crippen LogP contribution >= 0.6 is 0 Å². The average molecular weight is 333 g/mol. The fraction of sp³-hybridized carbons (Fsp3) is 0.556. The molecule has 2 fully saturated rings. The summed E-state index contributed by atoms with van der Waals surface area (Å²) in [5.41, 5.74) is 0.988. The number of ether oxygens (including phenoxy) is 2. The number of hydrogen-bond donors (Lipinski definition) is 1. The Morgan fingerprint density at radius 1 is 1.25 bits per heavy atom. The topological polar surface area (TPSA) is 76.1 Å². The molecule has 24 heavy (non-hydrogen) atoms. The molecule has 6 heteroatoms. The van der Waals surface area contributed by atoms with E-state index >= 15 is 0 Å². The minimum Gasteiger partial charge on any atom is -0.497 e. The second-order valence-corrected chi connectivity index (χ2v) is 6.52. The zero-order valence-electron chi connectivity index (χ0n) is 14.0. The number of aliphatic carboxylic acids is 1. The SMILES string of the molecule is COc1ccc(OC)c(C2CC2C(=O)N2CCC[C@H](C(=O)O)C2)c1. The fourth-order valence-electron chi connectivity index (χ4n) is 3.55. The summed E-state index contributed by atoms with van der Waals surface area (Å²) >= 11 is 0. The van der Waals surface area contributed by atoms with Crippen molar-refractivity contribution in [3.05, 3.63) is 23.8 Å². The van der Waals surface area contributed by atoms with Crippen LogP contribution in [0.3, 0.4) is 0 Å². The smallest absolute Gasteiger partial charge is 0.308 e. The van der Waals surface area contributed by atoms with Crippen LogP contribution in [0.4, 0.5) is 0 Å². The van der Waals surface area contributed by atoms with E-state index in [4.69, 9.17) is 9.47 Å². The van der Waals surface area contributed by atoms with Crippen LogP contribution in [-0.2, 0) is 9.59 Å². The van der Waals surface area contributed by atoms with Gasteiger partial charge in [0.15, 0.2) is 0 Å². The maximum atomic E-state index is 12.7. The molecule has 0 bridgehead atoms. The van der Waals surface area contributed by atoms with Crippen molar-refractivity contribution in [1.82, 2.24) is 4.90 Å². The van der Waals surface area contributed by atoms with Crippen LogP contribution in [0.25, 0.3) is 0 Å². The van der Waals surface area contributed by atoms with Crippen molar-refractivity contribution in [3.63, 3.8) is 0 Å². The Bertz CT molecular complexity index is 644. The van der Waals surface area contributed by atoms with Gasteiger partial charge in [-0.3, -0.25) is 9.59 Å². The van der Waals surface area contributed by atoms with E-state index in [0.717, 1.165) is 29.9 Å². The van der Waals surface area contributed by atoms with Gasteiger partial charge in [-0.05, 0) is 37.5 Å². The fourth-order valence-corrected chi connectivity index (χ4v) is 3.55. The van der Waals surface area contributed by atoms with Crippen molar-refractivity contribution in [2.75, 3.05) is 27.3 Å². The first-order valence-electron chi connectivity index (χ1n) is 8.28. The highest BCUT2D eigenvalue weighted by Gasteiger charge is 2.48. The third-order valence-electron chi connectivity index (χ3n) is 5.03. The van der Waals surface area contributed by atoms with E-state index in [2.05, 4.69) is 0 Å². The standard InChI is InChI=1S/C18H23NO5/c1-23-12-5-6-16(24-2)14(8-12)13-9-15(13)17(20)19-7-3-4-11(10-19)18(21)22/h5-6,8,11,13,15H,3-4,7,9-10H2,1-2H3,(H,21,22)/t11-,13?,15?/m0/s1. The average Bonchev–Trinajstić information content (AvgIpc) is 3.41. The molecule has 3 atom stereocenters. The number of carbonyl (C=O) groups is 2. The highest BCUT2D eigenvalue weighted by molar-refractivity contribution is 5.84. The molecule has 2 unspecified atom stereocenters. The Hall–Kier alpha value is -2.24. The lowest BCUT2D eigenvalue weighted by Crippen LogP contribution is -2.43. The molecule has 0 aromatic heterocycles. The van der Waals surface area contributed by atoms with Crippen molar-refractivity contribution in [1.29, 1.82) is 0 Å². The number of likely N-dealkylation sites (tertiary alicyclic amines) is 1. The number of methoxy groups -OCH3 is 2. The van der Waals surface area contributed by atoms with Gasteiger partial charge in [0, 0.05) is 30.5 Å². The number of hydrogen-bond acceptors (Lipinski definition) is 4. The second kappa shape index (κ2) is 6.71. The zero-order chi connectivity index (χ0) is 17.3. The highest BCUT2D eigenvalue weighted by Crippen LogP contribution is 2.52. The summed E-state index contributed by atoms with van der Waals surface area (Å²) in [6, 6.07) is 5.62. The number of carbonyl (C=O) groups excluding carboxylic acids is 1. The molecule has 1 aromatic rings. The van der Waals surface area contributed by atoms with E-state index in [1.54, 1.807) is 19.1 Å². The molecule has 0 spiro atoms. The summed E-state index contributed by atoms with van der Waals surface area (Å²) in [7, 11) is 3.23. The first kappa shape index (κ1) is 16.6. The van der Waals surface area contributed by atoms with Crippen LogP contribution in [0, 0.1) is 11.8 Å². The summed E-state index contributed by atoms with van der Waals surface area (Å²) in [5.74, 6) is 0.355. The molecule has 1 N–H and O–H groups in total. The second-order valence-electron chi connectivity index (χ2n) is 6.52. The number of piperidine rings is 1. The van der Waals surface area contributed by atoms with Crippen LogP contribution < -0.4 is 9.47 Å². The monoisotopic (exact) mass is 333 g/mol. The minimum absolute atomic E-state index is 0.0656. The van der Waals surface area contributed by atoms with E-state index in [0.29, 0.717) is 19.5 Å². The molecule has 1 heterocycles. The number of benzene rings is 1. The van der Waals surface area contributed by atoms with Gasteiger partial charge in [-0.1, -0.05) is 0 Å². The highest BCUT2D eigenvalue weighted by atomic mass is 16.5. The van der Waals surface area contributed by atoms with Gasteiger partial charge < -0.3 is 19.5 Å². The Labute approximate surface area is 141 Å². The van der Waals surface area contributed by atoms with Crippen molar-refractivity contribution in [2.45, 2.75) is 25.2 Å². The van der Waals surface area contributed by atoms with Crippen LogP contribution in [0.2, 0.25) is 0 Å². The van der Waals surface area contributed by atoms with E-state index < -0.39 is 11.9 Å². The van der Waals surface area contributed by atoms with E-state index in [1.807, 2.05) is 18.2 Å². The Kier molecular flexibility index (Phi) is 4.64. The summed E-state index contributed by atoms with van der Waals surface area (Å²) in [6.45, 7) is 0.980.